The first-order valence-corrected chi connectivity index (χ1v) is 9.77. The number of β-amino-alcohol motifs (C(OH)–C–C–N with tert-alkyl or cyclic N) is 1. The van der Waals surface area contributed by atoms with Crippen molar-refractivity contribution in [2.45, 2.75) is 31.9 Å². The third kappa shape index (κ3) is 3.17. The summed E-state index contributed by atoms with van der Waals surface area (Å²) >= 11 is 0. The lowest BCUT2D eigenvalue weighted by atomic mass is 10.0. The van der Waals surface area contributed by atoms with Crippen molar-refractivity contribution in [3.63, 3.8) is 0 Å². The topological polar surface area (TPSA) is 105 Å². The molecule has 1 saturated heterocycles. The van der Waals surface area contributed by atoms with E-state index in [4.69, 9.17) is 9.72 Å². The van der Waals surface area contributed by atoms with Crippen molar-refractivity contribution >= 4 is 17.4 Å². The number of rotatable bonds is 0. The van der Waals surface area contributed by atoms with E-state index in [1.807, 2.05) is 19.2 Å². The summed E-state index contributed by atoms with van der Waals surface area (Å²) in [5.41, 5.74) is 2.92. The van der Waals surface area contributed by atoms with Crippen molar-refractivity contribution in [3.05, 3.63) is 47.4 Å². The molecule has 3 aromatic rings. The number of nitrogens with one attached hydrogen (secondary N) is 1. The summed E-state index contributed by atoms with van der Waals surface area (Å²) in [6.45, 7) is 2.96. The Morgan fingerprint density at radius 2 is 2.24 bits per heavy atom. The van der Waals surface area contributed by atoms with Crippen LogP contribution in [-0.4, -0.2) is 56.4 Å². The highest BCUT2D eigenvalue weighted by molar-refractivity contribution is 5.99. The Morgan fingerprint density at radius 3 is 3.14 bits per heavy atom. The number of aromatic nitrogens is 4. The van der Waals surface area contributed by atoms with Gasteiger partial charge in [0.25, 0.3) is 5.91 Å². The number of nitrogens with zero attached hydrogens (tertiary/aromatic N) is 5. The smallest absolute Gasteiger partial charge is 0.256 e. The Hall–Kier alpha value is -3.20. The second-order valence-corrected chi connectivity index (χ2v) is 7.55. The number of ether oxygens (including phenoxy) is 1. The van der Waals surface area contributed by atoms with E-state index in [9.17, 15) is 9.90 Å². The summed E-state index contributed by atoms with van der Waals surface area (Å²) < 4.78 is 7.46. The summed E-state index contributed by atoms with van der Waals surface area (Å²) in [6.07, 6.45) is 6.18. The number of anilines is 1. The summed E-state index contributed by atoms with van der Waals surface area (Å²) in [4.78, 5) is 24.0. The number of carbonyl (C=O) groups is 1. The van der Waals surface area contributed by atoms with Crippen molar-refractivity contribution in [1.82, 2.24) is 24.9 Å². The van der Waals surface area contributed by atoms with E-state index in [0.29, 0.717) is 17.1 Å². The van der Waals surface area contributed by atoms with Crippen LogP contribution in [0.25, 0.3) is 5.65 Å². The number of fused-ring (bicyclic) bond motifs is 5. The van der Waals surface area contributed by atoms with E-state index in [1.54, 1.807) is 10.7 Å². The Kier molecular flexibility index (Phi) is 4.31. The number of aliphatic hydroxyl groups is 1. The molecule has 2 N–H and O–H groups in total. The van der Waals surface area contributed by atoms with Gasteiger partial charge in [-0.25, -0.2) is 14.5 Å². The van der Waals surface area contributed by atoms with Gasteiger partial charge in [0.2, 0.25) is 5.88 Å². The fourth-order valence-corrected chi connectivity index (χ4v) is 4.02. The maximum absolute atomic E-state index is 12.6. The molecular formula is C20H22N6O3. The van der Waals surface area contributed by atoms with Crippen molar-refractivity contribution < 1.29 is 14.6 Å². The Bertz CT molecular complexity index is 1080. The molecular weight excluding hydrogens is 372 g/mol. The lowest BCUT2D eigenvalue weighted by molar-refractivity contribution is 0.0835. The molecule has 0 spiro atoms. The van der Waals surface area contributed by atoms with Gasteiger partial charge in [0, 0.05) is 31.0 Å². The molecule has 0 aliphatic carbocycles. The largest absolute Gasteiger partial charge is 0.475 e. The van der Waals surface area contributed by atoms with E-state index in [1.165, 1.54) is 6.20 Å². The SMILES string of the molecule is Cc1cnc2c(c1)C1CCCN1c1ccn3ncc(c3n1)C(=O)NCC(O)CO2. The standard InChI is InChI=1S/C20H22N6O3/c1-12-7-14-16-3-2-5-25(16)17-4-6-26-18(24-17)15(10-23-26)19(28)21-9-13(27)11-29-20(14)22-8-12/h4,6-8,10,13,16,27H,2-3,5,9,11H2,1H3,(H,21,28). The van der Waals surface area contributed by atoms with E-state index in [-0.39, 0.29) is 25.1 Å². The minimum Gasteiger partial charge on any atom is -0.475 e. The molecule has 1 amide bonds. The van der Waals surface area contributed by atoms with Crippen molar-refractivity contribution in [1.29, 1.82) is 0 Å². The van der Waals surface area contributed by atoms with Crippen molar-refractivity contribution in [2.24, 2.45) is 0 Å². The first-order valence-electron chi connectivity index (χ1n) is 9.77. The molecule has 9 heteroatoms. The van der Waals surface area contributed by atoms with Gasteiger partial charge in [-0.15, -0.1) is 0 Å². The predicted molar refractivity (Wildman–Crippen MR) is 105 cm³/mol. The Labute approximate surface area is 167 Å². The van der Waals surface area contributed by atoms with E-state index in [2.05, 4.69) is 26.4 Å². The van der Waals surface area contributed by atoms with Crippen molar-refractivity contribution in [2.75, 3.05) is 24.6 Å². The normalized spacial score (nSPS) is 22.0. The van der Waals surface area contributed by atoms with Crippen LogP contribution in [0.2, 0.25) is 0 Å². The molecule has 3 aromatic heterocycles. The van der Waals surface area contributed by atoms with Gasteiger partial charge >= 0.3 is 0 Å². The van der Waals surface area contributed by atoms with Gasteiger partial charge in [0.15, 0.2) is 5.65 Å². The van der Waals surface area contributed by atoms with E-state index < -0.39 is 6.10 Å². The average molecular weight is 394 g/mol. The van der Waals surface area contributed by atoms with Crippen LogP contribution in [0.4, 0.5) is 5.82 Å². The molecule has 2 atom stereocenters. The minimum absolute atomic E-state index is 0.0447. The van der Waals surface area contributed by atoms with Gasteiger partial charge in [-0.3, -0.25) is 4.79 Å². The summed E-state index contributed by atoms with van der Waals surface area (Å²) in [5, 5.41) is 17.2. The monoisotopic (exact) mass is 394 g/mol. The number of pyridine rings is 1. The van der Waals surface area contributed by atoms with E-state index in [0.717, 1.165) is 36.3 Å². The average Bonchev–Trinajstić information content (AvgIpc) is 3.37. The number of aryl methyl sites for hydroxylation is 1. The van der Waals surface area contributed by atoms with Crippen LogP contribution in [0.15, 0.2) is 30.7 Å². The first-order chi connectivity index (χ1) is 14.1. The quantitative estimate of drug-likeness (QED) is 0.591. The van der Waals surface area contributed by atoms with Crippen LogP contribution in [0, 0.1) is 6.92 Å². The number of carbonyl (C=O) groups excluding carboxylic acids is 1. The maximum atomic E-state index is 12.6. The van der Waals surface area contributed by atoms with Crippen molar-refractivity contribution in [3.8, 4) is 5.88 Å². The Morgan fingerprint density at radius 1 is 1.34 bits per heavy atom. The molecule has 2 unspecified atom stereocenters. The maximum Gasteiger partial charge on any atom is 0.256 e. The molecule has 9 nitrogen and oxygen atoms in total. The highest BCUT2D eigenvalue weighted by atomic mass is 16.5. The molecule has 150 valence electrons. The zero-order valence-electron chi connectivity index (χ0n) is 16.1. The summed E-state index contributed by atoms with van der Waals surface area (Å²) in [6, 6.07) is 4.07. The Balaban J connectivity index is 1.66. The number of aliphatic hydroxyl groups excluding tert-OH is 1. The highest BCUT2D eigenvalue weighted by Gasteiger charge is 2.31. The molecule has 2 aliphatic rings. The molecule has 29 heavy (non-hydrogen) atoms. The number of hydrogen-bond donors (Lipinski definition) is 2. The molecule has 0 saturated carbocycles. The van der Waals surface area contributed by atoms with Gasteiger partial charge < -0.3 is 20.1 Å². The van der Waals surface area contributed by atoms with Gasteiger partial charge in [0.1, 0.15) is 24.1 Å². The minimum atomic E-state index is -0.858. The van der Waals surface area contributed by atoms with Gasteiger partial charge in [-0.05, 0) is 37.5 Å². The second kappa shape index (κ2) is 7.00. The number of amides is 1. The molecule has 2 aliphatic heterocycles. The predicted octanol–water partition coefficient (Wildman–Crippen LogP) is 1.26. The first kappa shape index (κ1) is 17.9. The third-order valence-electron chi connectivity index (χ3n) is 5.43. The van der Waals surface area contributed by atoms with Crippen LogP contribution in [0.5, 0.6) is 5.88 Å². The van der Waals surface area contributed by atoms with E-state index >= 15 is 0 Å². The number of hydrogen-bond acceptors (Lipinski definition) is 7. The third-order valence-corrected chi connectivity index (χ3v) is 5.43. The van der Waals surface area contributed by atoms with Crippen LogP contribution in [0.1, 0.15) is 40.4 Å². The van der Waals surface area contributed by atoms with Gasteiger partial charge in [0.05, 0.1) is 12.2 Å². The molecule has 1 fully saturated rings. The summed E-state index contributed by atoms with van der Waals surface area (Å²) in [5.74, 6) is 0.980. The highest BCUT2D eigenvalue weighted by Crippen LogP contribution is 2.39. The van der Waals surface area contributed by atoms with Crippen LogP contribution < -0.4 is 15.0 Å². The van der Waals surface area contributed by atoms with Gasteiger partial charge in [-0.2, -0.15) is 5.10 Å². The van der Waals surface area contributed by atoms with Gasteiger partial charge in [-0.1, -0.05) is 0 Å². The lowest BCUT2D eigenvalue weighted by Gasteiger charge is -2.28. The molecule has 0 aromatic carbocycles. The van der Waals surface area contributed by atoms with Crippen LogP contribution >= 0.6 is 0 Å². The fraction of sp³-hybridized carbons (Fsp3) is 0.400. The molecule has 0 radical (unpaired) electrons. The fourth-order valence-electron chi connectivity index (χ4n) is 4.02. The lowest BCUT2D eigenvalue weighted by Crippen LogP contribution is -2.35. The van der Waals surface area contributed by atoms with Crippen LogP contribution in [0.3, 0.4) is 0 Å². The molecule has 5 heterocycles. The zero-order chi connectivity index (χ0) is 20.0. The second-order valence-electron chi connectivity index (χ2n) is 7.55. The molecule has 2 bridgehead atoms. The summed E-state index contributed by atoms with van der Waals surface area (Å²) in [7, 11) is 0. The van der Waals surface area contributed by atoms with Crippen LogP contribution in [-0.2, 0) is 0 Å². The molecule has 5 rings (SSSR count). The zero-order valence-corrected chi connectivity index (χ0v) is 16.1.